The highest BCUT2D eigenvalue weighted by Crippen LogP contribution is 2.48. The van der Waals surface area contributed by atoms with E-state index in [0.29, 0.717) is 0 Å². The molecule has 0 bridgehead atoms. The molecule has 0 amide bonds. The van der Waals surface area contributed by atoms with Gasteiger partial charge >= 0.3 is 7.28 Å². The number of rotatable bonds is 1. The third-order valence-electron chi connectivity index (χ3n) is 0.106. The third kappa shape index (κ3) is 4.25. The van der Waals surface area contributed by atoms with Crippen LogP contribution in [-0.4, -0.2) is 9.79 Å². The molecule has 36 valence electrons. The quantitative estimate of drug-likeness (QED) is 0.500. The van der Waals surface area contributed by atoms with E-state index in [1.165, 1.54) is 0 Å². The Kier molecular flexibility index (Phi) is 1.88. The molecule has 0 aliphatic heterocycles. The molecule has 0 radical (unpaired) electrons. The van der Waals surface area contributed by atoms with E-state index in [4.69, 9.17) is 14.4 Å². The fourth-order valence-electron chi connectivity index (χ4n) is 0. The van der Waals surface area contributed by atoms with Crippen LogP contribution in [0, 0.1) is 0 Å². The molecule has 0 fully saturated rings. The maximum atomic E-state index is 9.37. The molecule has 6 heavy (non-hydrogen) atoms. The lowest BCUT2D eigenvalue weighted by molar-refractivity contribution is 0.393. The molecule has 0 heterocycles. The first kappa shape index (κ1) is 6.25. The molecular weight excluding hydrogens is 126 g/mol. The molecule has 0 aliphatic rings. The molecule has 2 N–H and O–H groups in total. The van der Waals surface area contributed by atoms with E-state index in [9.17, 15) is 4.57 Å². The molecule has 0 saturated carbocycles. The van der Waals surface area contributed by atoms with E-state index >= 15 is 0 Å². The number of hydrogen-bond donors (Lipinski definition) is 2. The average molecular weight is 128 g/mol. The number of hydrogen-bond acceptors (Lipinski definition) is 2. The Morgan fingerprint density at radius 3 is 1.67 bits per heavy atom. The van der Waals surface area contributed by atoms with Crippen molar-refractivity contribution in [1.82, 2.24) is 0 Å². The van der Waals surface area contributed by atoms with Crippen LogP contribution in [0.2, 0.25) is 0 Å². The third-order valence-corrected chi connectivity index (χ3v) is 0.957. The molecule has 0 saturated heterocycles. The SMILES string of the molecule is O=PP(=O)(O)O. The van der Waals surface area contributed by atoms with E-state index in [0.717, 1.165) is 0 Å². The smallest absolute Gasteiger partial charge is 0.316 e. The van der Waals surface area contributed by atoms with Crippen molar-refractivity contribution in [3.63, 3.8) is 0 Å². The highest BCUT2D eigenvalue weighted by molar-refractivity contribution is 8.13. The Hall–Kier alpha value is 0.250. The zero-order valence-electron chi connectivity index (χ0n) is 2.61. The van der Waals surface area contributed by atoms with Gasteiger partial charge in [0.05, 0.1) is 0 Å². The summed E-state index contributed by atoms with van der Waals surface area (Å²) < 4.78 is 18.5. The molecule has 0 rings (SSSR count). The Morgan fingerprint density at radius 1 is 1.50 bits per heavy atom. The van der Waals surface area contributed by atoms with E-state index in [1.807, 2.05) is 0 Å². The molecular formula is H2O4P2. The van der Waals surface area contributed by atoms with Gasteiger partial charge in [-0.05, 0) is 0 Å². The lowest BCUT2D eigenvalue weighted by Gasteiger charge is -1.81. The Morgan fingerprint density at radius 2 is 1.67 bits per heavy atom. The fraction of sp³-hybridized carbons (Fsp3) is 0. The summed E-state index contributed by atoms with van der Waals surface area (Å²) in [5.41, 5.74) is 0. The summed E-state index contributed by atoms with van der Waals surface area (Å²) in [6.45, 7) is 0. The lowest BCUT2D eigenvalue weighted by Crippen LogP contribution is -1.55. The van der Waals surface area contributed by atoms with E-state index < -0.39 is 15.4 Å². The van der Waals surface area contributed by atoms with Gasteiger partial charge < -0.3 is 9.79 Å². The zero-order valence-corrected chi connectivity index (χ0v) is 4.39. The Labute approximate surface area is 35.4 Å². The summed E-state index contributed by atoms with van der Waals surface area (Å²) in [7, 11) is -5.34. The fourth-order valence-corrected chi connectivity index (χ4v) is 0. The second-order valence-electron chi connectivity index (χ2n) is 0.595. The lowest BCUT2D eigenvalue weighted by atomic mass is 15.8. The van der Waals surface area contributed by atoms with Gasteiger partial charge in [0.2, 0.25) is 0 Å². The average Bonchev–Trinajstić information content (AvgIpc) is 1.35. The van der Waals surface area contributed by atoms with Gasteiger partial charge in [0.25, 0.3) is 8.15 Å². The highest BCUT2D eigenvalue weighted by atomic mass is 32.1. The van der Waals surface area contributed by atoms with Crippen LogP contribution in [-0.2, 0) is 9.13 Å². The molecule has 0 aromatic rings. The molecule has 0 spiro atoms. The van der Waals surface area contributed by atoms with E-state index in [-0.39, 0.29) is 0 Å². The second kappa shape index (κ2) is 1.80. The summed E-state index contributed by atoms with van der Waals surface area (Å²) >= 11 is 0. The predicted octanol–water partition coefficient (Wildman–Crippen LogP) is 0.371. The monoisotopic (exact) mass is 128 g/mol. The van der Waals surface area contributed by atoms with Crippen LogP contribution in [0.5, 0.6) is 0 Å². The highest BCUT2D eigenvalue weighted by Gasteiger charge is 2.09. The summed E-state index contributed by atoms with van der Waals surface area (Å²) in [4.78, 5) is 15.2. The summed E-state index contributed by atoms with van der Waals surface area (Å²) in [6, 6.07) is 0. The zero-order chi connectivity index (χ0) is 5.21. The molecule has 0 unspecified atom stereocenters. The molecule has 0 atom stereocenters. The predicted molar refractivity (Wildman–Crippen MR) is 19.7 cm³/mol. The van der Waals surface area contributed by atoms with Crippen molar-refractivity contribution in [2.24, 2.45) is 0 Å². The van der Waals surface area contributed by atoms with Crippen molar-refractivity contribution in [2.45, 2.75) is 0 Å². The molecule has 6 heteroatoms. The van der Waals surface area contributed by atoms with Crippen molar-refractivity contribution < 1.29 is 18.9 Å². The Bertz CT molecular complexity index is 87.7. The minimum atomic E-state index is -4.23. The molecule has 4 nitrogen and oxygen atoms in total. The molecule has 0 aromatic heterocycles. The standard InChI is InChI=1S/H2O4P2/c1-5-6(2,3)4/h(H2,2,3,4). The topological polar surface area (TPSA) is 74.6 Å². The largest absolute Gasteiger partial charge is 0.414 e. The first-order valence-corrected chi connectivity index (χ1v) is 4.10. The van der Waals surface area contributed by atoms with Gasteiger partial charge in [-0.3, -0.25) is 4.57 Å². The van der Waals surface area contributed by atoms with Crippen LogP contribution in [0.4, 0.5) is 0 Å². The summed E-state index contributed by atoms with van der Waals surface area (Å²) in [5, 5.41) is 0. The van der Waals surface area contributed by atoms with Gasteiger partial charge in [-0.2, -0.15) is 0 Å². The minimum Gasteiger partial charge on any atom is -0.316 e. The van der Waals surface area contributed by atoms with Crippen LogP contribution in [0.25, 0.3) is 0 Å². The first-order chi connectivity index (χ1) is 2.56. The van der Waals surface area contributed by atoms with Crippen LogP contribution in [0.15, 0.2) is 0 Å². The van der Waals surface area contributed by atoms with Gasteiger partial charge in [-0.25, -0.2) is 4.57 Å². The van der Waals surface area contributed by atoms with Gasteiger partial charge in [0.1, 0.15) is 0 Å². The first-order valence-electron chi connectivity index (χ1n) is 0.965. The maximum absolute atomic E-state index is 9.37. The van der Waals surface area contributed by atoms with Crippen molar-refractivity contribution in [3.05, 3.63) is 0 Å². The van der Waals surface area contributed by atoms with Crippen LogP contribution in [0.3, 0.4) is 0 Å². The minimum absolute atomic E-state index is 1.11. The van der Waals surface area contributed by atoms with Crippen molar-refractivity contribution in [2.75, 3.05) is 0 Å². The van der Waals surface area contributed by atoms with Gasteiger partial charge in [0, 0.05) is 0 Å². The van der Waals surface area contributed by atoms with Crippen molar-refractivity contribution in [3.8, 4) is 0 Å². The van der Waals surface area contributed by atoms with Crippen LogP contribution < -0.4 is 0 Å². The normalized spacial score (nSPS) is 12.3. The summed E-state index contributed by atoms with van der Waals surface area (Å²) in [5.74, 6) is 0. The van der Waals surface area contributed by atoms with Gasteiger partial charge in [-0.1, -0.05) is 0 Å². The van der Waals surface area contributed by atoms with Gasteiger partial charge in [-0.15, -0.1) is 0 Å². The van der Waals surface area contributed by atoms with E-state index in [1.54, 1.807) is 0 Å². The van der Waals surface area contributed by atoms with Crippen LogP contribution >= 0.6 is 15.4 Å². The van der Waals surface area contributed by atoms with E-state index in [2.05, 4.69) is 0 Å². The Balaban J connectivity index is 3.81. The maximum Gasteiger partial charge on any atom is 0.414 e. The summed E-state index contributed by atoms with van der Waals surface area (Å²) in [6.07, 6.45) is 0. The van der Waals surface area contributed by atoms with Gasteiger partial charge in [0.15, 0.2) is 0 Å². The molecule has 0 aromatic carbocycles. The molecule has 0 aliphatic carbocycles. The van der Waals surface area contributed by atoms with Crippen molar-refractivity contribution >= 4 is 15.4 Å². The second-order valence-corrected chi connectivity index (χ2v) is 3.84. The van der Waals surface area contributed by atoms with Crippen molar-refractivity contribution in [1.29, 1.82) is 0 Å². The van der Waals surface area contributed by atoms with Crippen LogP contribution in [0.1, 0.15) is 0 Å².